The van der Waals surface area contributed by atoms with Gasteiger partial charge in [-0.15, -0.1) is 0 Å². The molecule has 0 bridgehead atoms. The van der Waals surface area contributed by atoms with Crippen molar-refractivity contribution in [3.8, 4) is 0 Å². The molecule has 0 saturated carbocycles. The number of hydrogen-bond acceptors (Lipinski definition) is 11. The molecule has 58 heavy (non-hydrogen) atoms. The standard InChI is InChI=1S/C45H76N2O11/c1-38(14-15-42-40(3)13-8-18-45(42,5)6)11-7-12-39(2)37-44(50)47-20-10-22-52-26-30-55-29-25-51-21-9-19-46-43(49)17-24-54-28-32-57-34-36-58-35-33-56-31-27-53-23-16-41(4)48/h7,11-12,14-15,37H,8-10,13,16-36H2,1-6H3,(H,46,49)(H,47,50)/b12-7+,15-14+,38-11+,39-37+. The van der Waals surface area contributed by atoms with Crippen molar-refractivity contribution in [3.05, 3.63) is 58.7 Å². The molecule has 0 radical (unpaired) electrons. The maximum absolute atomic E-state index is 12.2. The van der Waals surface area contributed by atoms with Crippen LogP contribution in [0.1, 0.15) is 86.5 Å². The van der Waals surface area contributed by atoms with Gasteiger partial charge in [0, 0.05) is 45.2 Å². The summed E-state index contributed by atoms with van der Waals surface area (Å²) >= 11 is 0. The van der Waals surface area contributed by atoms with Gasteiger partial charge in [0.15, 0.2) is 0 Å². The average Bonchev–Trinajstić information content (AvgIpc) is 3.16. The number of hydrogen-bond donors (Lipinski definition) is 2. The highest BCUT2D eigenvalue weighted by Crippen LogP contribution is 2.40. The largest absolute Gasteiger partial charge is 0.379 e. The maximum atomic E-state index is 12.2. The van der Waals surface area contributed by atoms with Crippen molar-refractivity contribution in [2.45, 2.75) is 86.5 Å². The fourth-order valence-electron chi connectivity index (χ4n) is 5.72. The van der Waals surface area contributed by atoms with Crippen molar-refractivity contribution in [3.63, 3.8) is 0 Å². The second kappa shape index (κ2) is 35.9. The highest BCUT2D eigenvalue weighted by atomic mass is 16.6. The Balaban J connectivity index is 1.86. The van der Waals surface area contributed by atoms with Crippen LogP contribution in [0.5, 0.6) is 0 Å². The quantitative estimate of drug-likeness (QED) is 0.0430. The zero-order valence-electron chi connectivity index (χ0n) is 36.6. The van der Waals surface area contributed by atoms with Crippen LogP contribution in [0.15, 0.2) is 58.7 Å². The van der Waals surface area contributed by atoms with Crippen molar-refractivity contribution in [1.82, 2.24) is 10.6 Å². The minimum Gasteiger partial charge on any atom is -0.379 e. The van der Waals surface area contributed by atoms with Crippen LogP contribution in [0, 0.1) is 5.41 Å². The molecule has 0 aliphatic heterocycles. The smallest absolute Gasteiger partial charge is 0.244 e. The molecule has 2 amide bonds. The Hall–Kier alpha value is -3.01. The van der Waals surface area contributed by atoms with Crippen LogP contribution in [0.3, 0.4) is 0 Å². The Labute approximate surface area is 349 Å². The highest BCUT2D eigenvalue weighted by molar-refractivity contribution is 5.88. The van der Waals surface area contributed by atoms with Gasteiger partial charge < -0.3 is 48.5 Å². The third kappa shape index (κ3) is 31.9. The number of ether oxygens (including phenoxy) is 8. The first-order valence-corrected chi connectivity index (χ1v) is 21.1. The molecule has 1 aliphatic rings. The van der Waals surface area contributed by atoms with Crippen molar-refractivity contribution in [2.75, 3.05) is 119 Å². The van der Waals surface area contributed by atoms with Gasteiger partial charge in [0.05, 0.1) is 92.5 Å². The Morgan fingerprint density at radius 1 is 0.603 bits per heavy atom. The number of rotatable bonds is 37. The lowest BCUT2D eigenvalue weighted by molar-refractivity contribution is -0.122. The molecule has 13 heteroatoms. The predicted molar refractivity (Wildman–Crippen MR) is 228 cm³/mol. The first-order chi connectivity index (χ1) is 28.0. The van der Waals surface area contributed by atoms with E-state index in [1.54, 1.807) is 13.0 Å². The number of ketones is 1. The van der Waals surface area contributed by atoms with Crippen LogP contribution in [-0.4, -0.2) is 136 Å². The van der Waals surface area contributed by atoms with Crippen LogP contribution < -0.4 is 10.6 Å². The molecule has 0 spiro atoms. The minimum absolute atomic E-state index is 0.0608. The molecule has 0 heterocycles. The molecule has 0 fully saturated rings. The number of amides is 2. The average molecular weight is 821 g/mol. The summed E-state index contributed by atoms with van der Waals surface area (Å²) in [5, 5.41) is 5.76. The van der Waals surface area contributed by atoms with Gasteiger partial charge >= 0.3 is 0 Å². The summed E-state index contributed by atoms with van der Waals surface area (Å²) in [4.78, 5) is 35.0. The first kappa shape index (κ1) is 53.0. The van der Waals surface area contributed by atoms with E-state index in [1.165, 1.54) is 36.0 Å². The topological polar surface area (TPSA) is 149 Å². The third-order valence-corrected chi connectivity index (χ3v) is 8.99. The molecule has 0 atom stereocenters. The number of allylic oxidation sites excluding steroid dienone is 9. The van der Waals surface area contributed by atoms with Crippen LogP contribution >= 0.6 is 0 Å². The molecule has 1 rings (SSSR count). The summed E-state index contributed by atoms with van der Waals surface area (Å²) in [5.41, 5.74) is 5.24. The first-order valence-electron chi connectivity index (χ1n) is 21.1. The summed E-state index contributed by atoms with van der Waals surface area (Å²) in [6, 6.07) is 0. The van der Waals surface area contributed by atoms with Crippen LogP contribution in [-0.2, 0) is 52.3 Å². The monoisotopic (exact) mass is 821 g/mol. The zero-order valence-corrected chi connectivity index (χ0v) is 36.6. The number of carbonyl (C=O) groups excluding carboxylic acids is 3. The number of carbonyl (C=O) groups is 3. The molecular weight excluding hydrogens is 744 g/mol. The van der Waals surface area contributed by atoms with Crippen LogP contribution in [0.2, 0.25) is 0 Å². The van der Waals surface area contributed by atoms with E-state index in [1.807, 2.05) is 19.1 Å². The van der Waals surface area contributed by atoms with Gasteiger partial charge in [-0.25, -0.2) is 0 Å². The fourth-order valence-corrected chi connectivity index (χ4v) is 5.72. The molecule has 0 unspecified atom stereocenters. The Bertz CT molecular complexity index is 1270. The molecular formula is C45H76N2O11. The maximum Gasteiger partial charge on any atom is 0.244 e. The van der Waals surface area contributed by atoms with Gasteiger partial charge in [0.25, 0.3) is 0 Å². The summed E-state index contributed by atoms with van der Waals surface area (Å²) in [7, 11) is 0. The van der Waals surface area contributed by atoms with Crippen LogP contribution in [0.4, 0.5) is 0 Å². The Kier molecular flexibility index (Phi) is 32.8. The second-order valence-electron chi connectivity index (χ2n) is 14.9. The zero-order chi connectivity index (χ0) is 42.5. The summed E-state index contributed by atoms with van der Waals surface area (Å²) in [5.74, 6) is -0.0569. The molecule has 0 aromatic rings. The van der Waals surface area contributed by atoms with E-state index in [0.717, 1.165) is 12.0 Å². The van der Waals surface area contributed by atoms with Gasteiger partial charge in [-0.2, -0.15) is 0 Å². The van der Waals surface area contributed by atoms with E-state index in [0.29, 0.717) is 138 Å². The van der Waals surface area contributed by atoms with Crippen molar-refractivity contribution < 1.29 is 52.3 Å². The summed E-state index contributed by atoms with van der Waals surface area (Å²) < 4.78 is 43.7. The molecule has 0 saturated heterocycles. The Morgan fingerprint density at radius 2 is 1.07 bits per heavy atom. The van der Waals surface area contributed by atoms with E-state index in [-0.39, 0.29) is 23.0 Å². The van der Waals surface area contributed by atoms with E-state index in [2.05, 4.69) is 56.6 Å². The van der Waals surface area contributed by atoms with Crippen molar-refractivity contribution >= 4 is 17.6 Å². The lowest BCUT2D eigenvalue weighted by Crippen LogP contribution is -2.26. The van der Waals surface area contributed by atoms with Gasteiger partial charge in [-0.1, -0.05) is 55.4 Å². The van der Waals surface area contributed by atoms with E-state index >= 15 is 0 Å². The second-order valence-corrected chi connectivity index (χ2v) is 14.9. The van der Waals surface area contributed by atoms with E-state index in [9.17, 15) is 14.4 Å². The number of nitrogens with one attached hydrogen (secondary N) is 2. The van der Waals surface area contributed by atoms with Gasteiger partial charge in [0.2, 0.25) is 11.8 Å². The van der Waals surface area contributed by atoms with Crippen LogP contribution in [0.25, 0.3) is 0 Å². The number of Topliss-reactive ketones (excluding diaryl/α,β-unsaturated/α-hetero) is 1. The summed E-state index contributed by atoms with van der Waals surface area (Å²) in [6.45, 7) is 20.9. The lowest BCUT2D eigenvalue weighted by Gasteiger charge is -2.32. The normalized spacial score (nSPS) is 14.9. The van der Waals surface area contributed by atoms with Crippen molar-refractivity contribution in [1.29, 1.82) is 0 Å². The molecule has 13 nitrogen and oxygen atoms in total. The van der Waals surface area contributed by atoms with Gasteiger partial charge in [0.1, 0.15) is 5.78 Å². The van der Waals surface area contributed by atoms with Gasteiger partial charge in [-0.3, -0.25) is 14.4 Å². The molecule has 332 valence electrons. The van der Waals surface area contributed by atoms with Gasteiger partial charge in [-0.05, 0) is 76.4 Å². The Morgan fingerprint density at radius 3 is 1.57 bits per heavy atom. The highest BCUT2D eigenvalue weighted by Gasteiger charge is 2.26. The molecule has 1 aliphatic carbocycles. The third-order valence-electron chi connectivity index (χ3n) is 8.99. The fraction of sp³-hybridized carbons (Fsp3) is 0.711. The predicted octanol–water partition coefficient (Wildman–Crippen LogP) is 6.03. The lowest BCUT2D eigenvalue weighted by atomic mass is 9.72. The van der Waals surface area contributed by atoms with E-state index < -0.39 is 0 Å². The molecule has 0 aromatic carbocycles. The summed E-state index contributed by atoms with van der Waals surface area (Å²) in [6.07, 6.45) is 17.9. The molecule has 2 N–H and O–H groups in total. The van der Waals surface area contributed by atoms with Crippen molar-refractivity contribution in [2.24, 2.45) is 5.41 Å². The van der Waals surface area contributed by atoms with E-state index in [4.69, 9.17) is 37.9 Å². The minimum atomic E-state index is -0.112. The molecule has 0 aromatic heterocycles. The SMILES string of the molecule is CC(=O)CCOCCOCCOCCOCCOCCC(=O)NCCCOCCOCCOCCCNC(=O)/C=C(C)/C=C/C=C(C)/C=C/C1=C(C)CCCC1(C)C.